The Kier molecular flexibility index (Phi) is 6.14. The van der Waals surface area contributed by atoms with Crippen LogP contribution in [0.25, 0.3) is 0 Å². The van der Waals surface area contributed by atoms with Gasteiger partial charge in [0.25, 0.3) is 0 Å². The van der Waals surface area contributed by atoms with Crippen molar-refractivity contribution in [3.8, 4) is 0 Å². The number of hydrogen-bond acceptors (Lipinski definition) is 4. The summed E-state index contributed by atoms with van der Waals surface area (Å²) in [6.07, 6.45) is 1.81. The Bertz CT molecular complexity index is 411. The van der Waals surface area contributed by atoms with Gasteiger partial charge < -0.3 is 21.1 Å². The van der Waals surface area contributed by atoms with E-state index in [2.05, 4.69) is 5.32 Å². The van der Waals surface area contributed by atoms with E-state index in [1.54, 1.807) is 6.92 Å². The van der Waals surface area contributed by atoms with Crippen LogP contribution >= 0.6 is 0 Å². The van der Waals surface area contributed by atoms with Crippen molar-refractivity contribution in [1.82, 2.24) is 10.2 Å². The molecule has 0 aliphatic carbocycles. The van der Waals surface area contributed by atoms with Gasteiger partial charge in [-0.1, -0.05) is 20.3 Å². The van der Waals surface area contributed by atoms with Crippen LogP contribution in [0.2, 0.25) is 0 Å². The predicted octanol–water partition coefficient (Wildman–Crippen LogP) is -0.0599. The van der Waals surface area contributed by atoms with Gasteiger partial charge in [-0.25, -0.2) is 4.79 Å². The minimum Gasteiger partial charge on any atom is -0.480 e. The molecule has 1 aliphatic heterocycles. The molecule has 0 spiro atoms. The van der Waals surface area contributed by atoms with Gasteiger partial charge in [0, 0.05) is 6.54 Å². The lowest BCUT2D eigenvalue weighted by atomic mass is 9.97. The van der Waals surface area contributed by atoms with Crippen LogP contribution in [0.3, 0.4) is 0 Å². The molecule has 1 saturated heterocycles. The lowest BCUT2D eigenvalue weighted by Gasteiger charge is -2.30. The van der Waals surface area contributed by atoms with Gasteiger partial charge in [-0.05, 0) is 25.7 Å². The average Bonchev–Trinajstić information content (AvgIpc) is 2.92. The second-order valence-electron chi connectivity index (χ2n) is 5.69. The number of carboxylic acids is 1. The summed E-state index contributed by atoms with van der Waals surface area (Å²) in [5.41, 5.74) is 5.52. The molecule has 1 aliphatic rings. The molecule has 0 aromatic carbocycles. The monoisotopic (exact) mass is 299 g/mol. The fraction of sp³-hybridized carbons (Fsp3) is 0.786. The number of likely N-dealkylation sites (tertiary alicyclic amines) is 1. The summed E-state index contributed by atoms with van der Waals surface area (Å²) < 4.78 is 0. The smallest absolute Gasteiger partial charge is 0.326 e. The first kappa shape index (κ1) is 17.4. The summed E-state index contributed by atoms with van der Waals surface area (Å²) in [4.78, 5) is 37.0. The summed E-state index contributed by atoms with van der Waals surface area (Å²) in [5, 5.41) is 11.8. The number of nitrogens with two attached hydrogens (primary N) is 1. The average molecular weight is 299 g/mol. The number of aliphatic carboxylic acids is 1. The molecule has 7 heteroatoms. The molecule has 2 amide bonds. The lowest BCUT2D eigenvalue weighted by molar-refractivity contribution is -0.150. The van der Waals surface area contributed by atoms with E-state index in [0.717, 1.165) is 0 Å². The maximum atomic E-state index is 12.6. The number of rotatable bonds is 6. The molecule has 21 heavy (non-hydrogen) atoms. The van der Waals surface area contributed by atoms with Gasteiger partial charge in [0.1, 0.15) is 12.1 Å². The summed E-state index contributed by atoms with van der Waals surface area (Å²) in [7, 11) is 0. The van der Waals surface area contributed by atoms with Gasteiger partial charge in [0.15, 0.2) is 0 Å². The number of carboxylic acid groups (broad SMARTS) is 1. The second-order valence-corrected chi connectivity index (χ2v) is 5.69. The highest BCUT2D eigenvalue weighted by Crippen LogP contribution is 2.21. The fourth-order valence-electron chi connectivity index (χ4n) is 2.43. The third kappa shape index (κ3) is 4.17. The molecule has 120 valence electrons. The van der Waals surface area contributed by atoms with Crippen LogP contribution in [0.15, 0.2) is 0 Å². The van der Waals surface area contributed by atoms with Crippen molar-refractivity contribution in [2.24, 2.45) is 11.7 Å². The maximum absolute atomic E-state index is 12.6. The first-order chi connectivity index (χ1) is 9.79. The molecule has 0 bridgehead atoms. The second kappa shape index (κ2) is 7.40. The number of nitrogens with one attached hydrogen (secondary N) is 1. The normalized spacial score (nSPS) is 22.5. The van der Waals surface area contributed by atoms with E-state index in [1.807, 2.05) is 13.8 Å². The van der Waals surface area contributed by atoms with Crippen molar-refractivity contribution < 1.29 is 19.5 Å². The van der Waals surface area contributed by atoms with E-state index in [9.17, 15) is 19.5 Å². The van der Waals surface area contributed by atoms with Gasteiger partial charge in [0.2, 0.25) is 11.8 Å². The third-order valence-electron chi connectivity index (χ3n) is 4.01. The van der Waals surface area contributed by atoms with Gasteiger partial charge in [-0.3, -0.25) is 9.59 Å². The van der Waals surface area contributed by atoms with Crippen LogP contribution in [0.5, 0.6) is 0 Å². The molecular weight excluding hydrogens is 274 g/mol. The van der Waals surface area contributed by atoms with Crippen LogP contribution < -0.4 is 11.1 Å². The predicted molar refractivity (Wildman–Crippen MR) is 77.4 cm³/mol. The van der Waals surface area contributed by atoms with E-state index < -0.39 is 30.0 Å². The molecule has 0 unspecified atom stereocenters. The molecular formula is C14H25N3O4. The van der Waals surface area contributed by atoms with E-state index in [4.69, 9.17) is 5.73 Å². The van der Waals surface area contributed by atoms with E-state index >= 15 is 0 Å². The molecule has 7 nitrogen and oxygen atoms in total. The summed E-state index contributed by atoms with van der Waals surface area (Å²) >= 11 is 0. The molecule has 1 rings (SSSR count). The zero-order valence-corrected chi connectivity index (χ0v) is 12.8. The standard InChI is InChI=1S/C14H25N3O4/c1-4-8(2)11(16-12(18)9(3)15)13(19)17-7-5-6-10(17)14(20)21/h8-11H,4-7,15H2,1-3H3,(H,16,18)(H,20,21)/t8-,9-,10-,11+/m0/s1. The Labute approximate surface area is 124 Å². The Hall–Kier alpha value is -1.63. The van der Waals surface area contributed by atoms with Gasteiger partial charge in [-0.15, -0.1) is 0 Å². The van der Waals surface area contributed by atoms with Gasteiger partial charge in [-0.2, -0.15) is 0 Å². The number of carbonyl (C=O) groups excluding carboxylic acids is 2. The van der Waals surface area contributed by atoms with Crippen molar-refractivity contribution in [2.45, 2.75) is 58.2 Å². The highest BCUT2D eigenvalue weighted by molar-refractivity contribution is 5.92. The minimum absolute atomic E-state index is 0.0877. The van der Waals surface area contributed by atoms with Crippen LogP contribution in [-0.4, -0.2) is 52.5 Å². The molecule has 0 saturated carbocycles. The topological polar surface area (TPSA) is 113 Å². The molecule has 0 radical (unpaired) electrons. The first-order valence-corrected chi connectivity index (χ1v) is 7.38. The van der Waals surface area contributed by atoms with Crippen molar-refractivity contribution in [3.05, 3.63) is 0 Å². The Morgan fingerprint density at radius 2 is 2.00 bits per heavy atom. The molecule has 1 heterocycles. The van der Waals surface area contributed by atoms with Crippen molar-refractivity contribution in [1.29, 1.82) is 0 Å². The largest absolute Gasteiger partial charge is 0.480 e. The van der Waals surface area contributed by atoms with Crippen LogP contribution in [0, 0.1) is 5.92 Å². The van der Waals surface area contributed by atoms with E-state index in [0.29, 0.717) is 25.8 Å². The molecule has 4 N–H and O–H groups in total. The van der Waals surface area contributed by atoms with Crippen molar-refractivity contribution in [2.75, 3.05) is 6.54 Å². The molecule has 0 aromatic heterocycles. The molecule has 4 atom stereocenters. The SMILES string of the molecule is CC[C@H](C)[C@@H](NC(=O)[C@H](C)N)C(=O)N1CCC[C@H]1C(=O)O. The summed E-state index contributed by atoms with van der Waals surface area (Å²) in [6, 6.07) is -2.23. The highest BCUT2D eigenvalue weighted by atomic mass is 16.4. The number of amides is 2. The molecule has 1 fully saturated rings. The first-order valence-electron chi connectivity index (χ1n) is 7.38. The summed E-state index contributed by atoms with van der Waals surface area (Å²) in [5.74, 6) is -1.82. The van der Waals surface area contributed by atoms with Crippen molar-refractivity contribution in [3.63, 3.8) is 0 Å². The van der Waals surface area contributed by atoms with Crippen molar-refractivity contribution >= 4 is 17.8 Å². The number of hydrogen-bond donors (Lipinski definition) is 3. The molecule has 0 aromatic rings. The third-order valence-corrected chi connectivity index (χ3v) is 4.01. The lowest BCUT2D eigenvalue weighted by Crippen LogP contribution is -2.56. The van der Waals surface area contributed by atoms with Gasteiger partial charge >= 0.3 is 5.97 Å². The van der Waals surface area contributed by atoms with E-state index in [1.165, 1.54) is 4.90 Å². The number of carbonyl (C=O) groups is 3. The zero-order chi connectivity index (χ0) is 16.2. The minimum atomic E-state index is -0.998. The Balaban J connectivity index is 2.89. The summed E-state index contributed by atoms with van der Waals surface area (Å²) in [6.45, 7) is 5.73. The number of nitrogens with zero attached hydrogens (tertiary/aromatic N) is 1. The van der Waals surface area contributed by atoms with E-state index in [-0.39, 0.29) is 11.8 Å². The van der Waals surface area contributed by atoms with Crippen LogP contribution in [-0.2, 0) is 14.4 Å². The quantitative estimate of drug-likeness (QED) is 0.636. The maximum Gasteiger partial charge on any atom is 0.326 e. The Morgan fingerprint density at radius 1 is 1.38 bits per heavy atom. The Morgan fingerprint density at radius 3 is 2.48 bits per heavy atom. The zero-order valence-electron chi connectivity index (χ0n) is 12.8. The van der Waals surface area contributed by atoms with Gasteiger partial charge in [0.05, 0.1) is 6.04 Å². The van der Waals surface area contributed by atoms with Crippen LogP contribution in [0.1, 0.15) is 40.0 Å². The van der Waals surface area contributed by atoms with Crippen LogP contribution in [0.4, 0.5) is 0 Å². The fourth-order valence-corrected chi connectivity index (χ4v) is 2.43. The highest BCUT2D eigenvalue weighted by Gasteiger charge is 2.39.